The molecule has 0 aliphatic carbocycles. The van der Waals surface area contributed by atoms with Gasteiger partial charge in [-0.15, -0.1) is 10.2 Å². The van der Waals surface area contributed by atoms with Crippen molar-refractivity contribution < 1.29 is 61.4 Å². The van der Waals surface area contributed by atoms with Crippen LogP contribution in [0, 0.1) is 0 Å². The molecule has 0 atom stereocenters. The third-order valence-corrected chi connectivity index (χ3v) is 9.16. The fourth-order valence-electron chi connectivity index (χ4n) is 3.51. The topological polar surface area (TPSA) is 273 Å². The van der Waals surface area contributed by atoms with E-state index in [1.165, 1.54) is 14.2 Å². The van der Waals surface area contributed by atoms with E-state index < -0.39 is 79.0 Å². The first-order chi connectivity index (χ1) is 18.8. The quantitative estimate of drug-likeness (QED) is 0.146. The van der Waals surface area contributed by atoms with Crippen molar-refractivity contribution in [3.63, 3.8) is 0 Å². The van der Waals surface area contributed by atoms with Gasteiger partial charge in [0.25, 0.3) is 20.2 Å². The Morgan fingerprint density at radius 2 is 1.51 bits per heavy atom. The van der Waals surface area contributed by atoms with Crippen LogP contribution in [0.1, 0.15) is 0 Å². The Balaban J connectivity index is 2.22. The molecule has 0 bridgehead atoms. The van der Waals surface area contributed by atoms with Crippen molar-refractivity contribution in [1.29, 1.82) is 0 Å². The van der Waals surface area contributed by atoms with Crippen molar-refractivity contribution in [2.75, 3.05) is 31.8 Å². The number of azo groups is 1. The number of hydrogen-bond donors (Lipinski definition) is 5. The lowest BCUT2D eigenvalue weighted by atomic mass is 10.1. The zero-order valence-electron chi connectivity index (χ0n) is 20.8. The van der Waals surface area contributed by atoms with E-state index >= 15 is 0 Å². The predicted octanol–water partition coefficient (Wildman–Crippen LogP) is 2.10. The number of nitrogens with zero attached hydrogens (tertiary/aromatic N) is 2. The Morgan fingerprint density at radius 3 is 2.05 bits per heavy atom. The monoisotopic (exact) mass is 655 g/mol. The van der Waals surface area contributed by atoms with Gasteiger partial charge in [-0.1, -0.05) is 0 Å². The lowest BCUT2D eigenvalue weighted by Gasteiger charge is -2.14. The number of aromatic hydroxyl groups is 1. The molecule has 0 amide bonds. The third kappa shape index (κ3) is 7.45. The maximum atomic E-state index is 12.6. The van der Waals surface area contributed by atoms with Gasteiger partial charge in [0, 0.05) is 18.1 Å². The first kappa shape index (κ1) is 32.1. The van der Waals surface area contributed by atoms with Gasteiger partial charge in [-0.05, 0) is 41.8 Å². The zero-order chi connectivity index (χ0) is 31.0. The van der Waals surface area contributed by atoms with E-state index in [1.807, 2.05) is 0 Å². The van der Waals surface area contributed by atoms with Gasteiger partial charge in [0.15, 0.2) is 15.6 Å². The van der Waals surface area contributed by atoms with Gasteiger partial charge < -0.3 is 15.2 Å². The summed E-state index contributed by atoms with van der Waals surface area (Å²) in [4.78, 5) is -2.11. The van der Waals surface area contributed by atoms with Crippen LogP contribution < -0.4 is 10.1 Å². The SMILES string of the molecule is CNc1cc(S(=O)(=O)O)cc2cc(S(=O)(=O)O)c(N=Nc3cc(S(=O)(=O)CCOS(=O)(=O)O)ccc3OC)c(O)c12. The first-order valence-corrected chi connectivity index (χ1v) is 16.6. The second-order valence-electron chi connectivity index (χ2n) is 7.94. The molecular weight excluding hydrogens is 634 g/mol. The average Bonchev–Trinajstić information content (AvgIpc) is 2.85. The van der Waals surface area contributed by atoms with E-state index in [0.717, 1.165) is 36.4 Å². The zero-order valence-corrected chi connectivity index (χ0v) is 24.0. The van der Waals surface area contributed by atoms with Crippen molar-refractivity contribution in [2.24, 2.45) is 10.2 Å². The largest absolute Gasteiger partial charge is 0.505 e. The molecule has 0 fully saturated rings. The van der Waals surface area contributed by atoms with E-state index in [-0.39, 0.29) is 27.9 Å². The number of fused-ring (bicyclic) bond motifs is 1. The minimum atomic E-state index is -5.15. The Hall–Kier alpha value is -3.44. The van der Waals surface area contributed by atoms with Crippen LogP contribution in [-0.4, -0.2) is 79.0 Å². The van der Waals surface area contributed by atoms with E-state index in [9.17, 15) is 47.9 Å². The lowest BCUT2D eigenvalue weighted by Crippen LogP contribution is -2.15. The van der Waals surface area contributed by atoms with Crippen LogP contribution in [-0.2, 0) is 44.7 Å². The fourth-order valence-corrected chi connectivity index (χ4v) is 6.22. The summed E-state index contributed by atoms with van der Waals surface area (Å²) in [6.45, 7) is -0.917. The fraction of sp³-hybridized carbons (Fsp3) is 0.200. The van der Waals surface area contributed by atoms with Crippen molar-refractivity contribution in [2.45, 2.75) is 14.7 Å². The Kier molecular flexibility index (Phi) is 8.95. The highest BCUT2D eigenvalue weighted by Gasteiger charge is 2.25. The summed E-state index contributed by atoms with van der Waals surface area (Å²) in [5.74, 6) is -1.86. The molecule has 0 unspecified atom stereocenters. The van der Waals surface area contributed by atoms with Crippen molar-refractivity contribution >= 4 is 68.3 Å². The Labute approximate surface area is 233 Å². The van der Waals surface area contributed by atoms with Gasteiger partial charge in [0.1, 0.15) is 22.0 Å². The molecule has 0 aromatic heterocycles. The van der Waals surface area contributed by atoms with Crippen LogP contribution in [0.5, 0.6) is 11.5 Å². The second-order valence-corrected chi connectivity index (χ2v) is 14.0. The van der Waals surface area contributed by atoms with Crippen LogP contribution in [0.3, 0.4) is 0 Å². The maximum Gasteiger partial charge on any atom is 0.397 e. The van der Waals surface area contributed by atoms with Crippen LogP contribution >= 0.6 is 0 Å². The number of anilines is 1. The normalized spacial score (nSPS) is 13.1. The molecule has 0 spiro atoms. The summed E-state index contributed by atoms with van der Waals surface area (Å²) in [6.07, 6.45) is 0. The number of hydrogen-bond acceptors (Lipinski definition) is 14. The number of phenolic OH excluding ortho intramolecular Hbond substituents is 1. The summed E-state index contributed by atoms with van der Waals surface area (Å²) in [5, 5.41) is 20.6. The van der Waals surface area contributed by atoms with Crippen molar-refractivity contribution in [3.8, 4) is 11.5 Å². The van der Waals surface area contributed by atoms with Gasteiger partial charge in [0.05, 0.1) is 29.3 Å². The summed E-state index contributed by atoms with van der Waals surface area (Å²) >= 11 is 0. The van der Waals surface area contributed by atoms with E-state index in [1.54, 1.807) is 0 Å². The standard InChI is InChI=1S/C20H21N3O14S4/c1-21-15-10-13(39(27,28)29)7-11-8-17(40(30,31)32)19(20(24)18(11)15)23-22-14-9-12(3-4-16(14)36-2)38(25,26)6-5-37-41(33,34)35/h3-4,7-10,21,24H,5-6H2,1-2H3,(H,27,28,29)(H,30,31,32)(H,33,34,35). The molecule has 224 valence electrons. The number of phenols is 1. The molecule has 3 aromatic rings. The molecule has 0 heterocycles. The summed E-state index contributed by atoms with van der Waals surface area (Å²) < 4.78 is 131. The molecular formula is C20H21N3O14S4. The number of methoxy groups -OCH3 is 1. The molecule has 0 saturated carbocycles. The molecule has 41 heavy (non-hydrogen) atoms. The van der Waals surface area contributed by atoms with Gasteiger partial charge in [-0.2, -0.15) is 25.3 Å². The molecule has 5 N–H and O–H groups in total. The average molecular weight is 656 g/mol. The summed E-state index contributed by atoms with van der Waals surface area (Å²) in [6, 6.07) is 5.68. The third-order valence-electron chi connectivity index (χ3n) is 5.32. The smallest absolute Gasteiger partial charge is 0.397 e. The maximum absolute atomic E-state index is 12.6. The van der Waals surface area contributed by atoms with Crippen LogP contribution in [0.25, 0.3) is 10.8 Å². The highest BCUT2D eigenvalue weighted by molar-refractivity contribution is 7.91. The molecule has 0 aliphatic rings. The van der Waals surface area contributed by atoms with Crippen molar-refractivity contribution in [3.05, 3.63) is 36.4 Å². The summed E-state index contributed by atoms with van der Waals surface area (Å²) in [5.41, 5.74) is -1.24. The first-order valence-electron chi connectivity index (χ1n) is 10.7. The minimum absolute atomic E-state index is 0.0794. The highest BCUT2D eigenvalue weighted by Crippen LogP contribution is 2.45. The Bertz CT molecular complexity index is 1990. The van der Waals surface area contributed by atoms with Crippen LogP contribution in [0.4, 0.5) is 17.1 Å². The summed E-state index contributed by atoms with van der Waals surface area (Å²) in [7, 11) is -16.5. The van der Waals surface area contributed by atoms with Gasteiger partial charge in [-0.25, -0.2) is 12.6 Å². The van der Waals surface area contributed by atoms with Crippen molar-refractivity contribution in [1.82, 2.24) is 0 Å². The predicted molar refractivity (Wildman–Crippen MR) is 142 cm³/mol. The molecule has 3 aromatic carbocycles. The number of ether oxygens (including phenoxy) is 1. The molecule has 0 saturated heterocycles. The number of benzene rings is 3. The number of sulfone groups is 1. The molecule has 0 aliphatic heterocycles. The number of rotatable bonds is 11. The number of nitrogens with one attached hydrogen (secondary N) is 1. The van der Waals surface area contributed by atoms with E-state index in [2.05, 4.69) is 19.7 Å². The molecule has 17 nitrogen and oxygen atoms in total. The van der Waals surface area contributed by atoms with Crippen LogP contribution in [0.15, 0.2) is 61.3 Å². The minimum Gasteiger partial charge on any atom is -0.505 e. The lowest BCUT2D eigenvalue weighted by molar-refractivity contribution is 0.284. The van der Waals surface area contributed by atoms with Gasteiger partial charge >= 0.3 is 10.4 Å². The van der Waals surface area contributed by atoms with Crippen LogP contribution in [0.2, 0.25) is 0 Å². The molecule has 3 rings (SSSR count). The molecule has 0 radical (unpaired) electrons. The van der Waals surface area contributed by atoms with E-state index in [0.29, 0.717) is 0 Å². The second kappa shape index (κ2) is 11.4. The van der Waals surface area contributed by atoms with Gasteiger partial charge in [0.2, 0.25) is 0 Å². The Morgan fingerprint density at radius 1 is 0.854 bits per heavy atom. The molecule has 21 heteroatoms. The van der Waals surface area contributed by atoms with Gasteiger partial charge in [-0.3, -0.25) is 13.7 Å². The van der Waals surface area contributed by atoms with E-state index in [4.69, 9.17) is 9.29 Å². The highest BCUT2D eigenvalue weighted by atomic mass is 32.3.